The molecule has 1 aromatic rings. The molecular formula is C13H21ClN2O3S. The lowest BCUT2D eigenvalue weighted by molar-refractivity contribution is 0.149. The van der Waals surface area contributed by atoms with Gasteiger partial charge in [-0.1, -0.05) is 0 Å². The van der Waals surface area contributed by atoms with Gasteiger partial charge in [-0.25, -0.2) is 8.42 Å². The van der Waals surface area contributed by atoms with Gasteiger partial charge in [0.2, 0.25) is 10.0 Å². The van der Waals surface area contributed by atoms with E-state index in [9.17, 15) is 8.42 Å². The Labute approximate surface area is 125 Å². The summed E-state index contributed by atoms with van der Waals surface area (Å²) in [5, 5.41) is 0. The number of likely N-dealkylation sites (N-methyl/N-ethyl adjacent to an activating group) is 1. The fourth-order valence-corrected chi connectivity index (χ4v) is 3.80. The predicted molar refractivity (Wildman–Crippen MR) is 78.5 cm³/mol. The lowest BCUT2D eigenvalue weighted by Crippen LogP contribution is -2.37. The summed E-state index contributed by atoms with van der Waals surface area (Å²) < 4.78 is 33.5. The SMILES string of the molecule is COCC(C)N(C)S(=O)(=O)c1cc(CCl)n(C2CC2)c1. The Morgan fingerprint density at radius 3 is 2.70 bits per heavy atom. The van der Waals surface area contributed by atoms with Crippen molar-refractivity contribution in [1.29, 1.82) is 0 Å². The van der Waals surface area contributed by atoms with E-state index in [0.717, 1.165) is 18.5 Å². The molecule has 0 spiro atoms. The molecule has 0 radical (unpaired) electrons. The fraction of sp³-hybridized carbons (Fsp3) is 0.692. The van der Waals surface area contributed by atoms with Crippen LogP contribution in [0, 0.1) is 0 Å². The van der Waals surface area contributed by atoms with Gasteiger partial charge in [0.1, 0.15) is 4.90 Å². The molecule has 2 rings (SSSR count). The van der Waals surface area contributed by atoms with E-state index in [1.165, 1.54) is 4.31 Å². The largest absolute Gasteiger partial charge is 0.383 e. The highest BCUT2D eigenvalue weighted by molar-refractivity contribution is 7.89. The highest BCUT2D eigenvalue weighted by Gasteiger charge is 2.31. The van der Waals surface area contributed by atoms with E-state index >= 15 is 0 Å². The number of hydrogen-bond donors (Lipinski definition) is 0. The third-order valence-corrected chi connectivity index (χ3v) is 5.90. The molecule has 0 saturated heterocycles. The minimum atomic E-state index is -3.50. The highest BCUT2D eigenvalue weighted by Crippen LogP contribution is 2.38. The Morgan fingerprint density at radius 1 is 1.55 bits per heavy atom. The van der Waals surface area contributed by atoms with Gasteiger partial charge in [-0.2, -0.15) is 4.31 Å². The minimum absolute atomic E-state index is 0.214. The first kappa shape index (κ1) is 15.8. The Kier molecular flexibility index (Phi) is 4.79. The number of methoxy groups -OCH3 is 1. The highest BCUT2D eigenvalue weighted by atomic mass is 35.5. The van der Waals surface area contributed by atoms with Gasteiger partial charge < -0.3 is 9.30 Å². The van der Waals surface area contributed by atoms with Gasteiger partial charge in [-0.3, -0.25) is 0 Å². The summed E-state index contributed by atoms with van der Waals surface area (Å²) in [6, 6.07) is 1.87. The van der Waals surface area contributed by atoms with Gasteiger partial charge in [0, 0.05) is 38.1 Å². The molecule has 1 unspecified atom stereocenters. The van der Waals surface area contributed by atoms with Crippen LogP contribution in [0.4, 0.5) is 0 Å². The Balaban J connectivity index is 2.29. The first-order valence-electron chi connectivity index (χ1n) is 6.65. The molecule has 1 aromatic heterocycles. The van der Waals surface area contributed by atoms with Crippen LogP contribution in [0.5, 0.6) is 0 Å². The van der Waals surface area contributed by atoms with Crippen molar-refractivity contribution in [3.05, 3.63) is 18.0 Å². The average Bonchev–Trinajstić information content (AvgIpc) is 3.16. The first-order chi connectivity index (χ1) is 9.41. The van der Waals surface area contributed by atoms with Crippen LogP contribution in [0.25, 0.3) is 0 Å². The second-order valence-corrected chi connectivity index (χ2v) is 7.53. The lowest BCUT2D eigenvalue weighted by Gasteiger charge is -2.23. The molecule has 1 heterocycles. The van der Waals surface area contributed by atoms with Crippen LogP contribution in [0.3, 0.4) is 0 Å². The van der Waals surface area contributed by atoms with Crippen molar-refractivity contribution in [3.8, 4) is 0 Å². The first-order valence-corrected chi connectivity index (χ1v) is 8.63. The van der Waals surface area contributed by atoms with Crippen molar-refractivity contribution >= 4 is 21.6 Å². The van der Waals surface area contributed by atoms with Crippen molar-refractivity contribution in [1.82, 2.24) is 8.87 Å². The molecule has 1 aliphatic rings. The van der Waals surface area contributed by atoms with E-state index in [1.807, 2.05) is 11.5 Å². The van der Waals surface area contributed by atoms with Crippen LogP contribution in [0.1, 0.15) is 31.5 Å². The molecule has 0 aromatic carbocycles. The van der Waals surface area contributed by atoms with Crippen LogP contribution in [0.15, 0.2) is 17.2 Å². The lowest BCUT2D eigenvalue weighted by atomic mass is 10.4. The van der Waals surface area contributed by atoms with E-state index in [4.69, 9.17) is 16.3 Å². The number of rotatable bonds is 7. The summed E-state index contributed by atoms with van der Waals surface area (Å²) in [5.41, 5.74) is 0.862. The topological polar surface area (TPSA) is 51.5 Å². The molecule has 0 bridgehead atoms. The smallest absolute Gasteiger partial charge is 0.244 e. The Morgan fingerprint density at radius 2 is 2.20 bits per heavy atom. The van der Waals surface area contributed by atoms with Crippen molar-refractivity contribution in [2.24, 2.45) is 0 Å². The molecule has 0 aliphatic heterocycles. The zero-order chi connectivity index (χ0) is 14.9. The van der Waals surface area contributed by atoms with E-state index < -0.39 is 10.0 Å². The predicted octanol–water partition coefficient (Wildman–Crippen LogP) is 2.22. The van der Waals surface area contributed by atoms with E-state index in [0.29, 0.717) is 23.4 Å². The van der Waals surface area contributed by atoms with E-state index in [-0.39, 0.29) is 6.04 Å². The Bertz CT molecular complexity index is 566. The molecule has 1 fully saturated rings. The van der Waals surface area contributed by atoms with Crippen LogP contribution in [-0.2, 0) is 20.6 Å². The molecule has 1 aliphatic carbocycles. The molecule has 114 valence electrons. The molecular weight excluding hydrogens is 300 g/mol. The van der Waals surface area contributed by atoms with Crippen LogP contribution in [0.2, 0.25) is 0 Å². The third-order valence-electron chi connectivity index (χ3n) is 3.69. The van der Waals surface area contributed by atoms with Gasteiger partial charge in [0.15, 0.2) is 0 Å². The maximum atomic E-state index is 12.6. The van der Waals surface area contributed by atoms with Crippen molar-refractivity contribution in [2.75, 3.05) is 20.8 Å². The van der Waals surface area contributed by atoms with Crippen LogP contribution in [-0.4, -0.2) is 44.1 Å². The summed E-state index contributed by atoms with van der Waals surface area (Å²) in [6.45, 7) is 2.18. The van der Waals surface area contributed by atoms with Crippen LogP contribution < -0.4 is 0 Å². The summed E-state index contributed by atoms with van der Waals surface area (Å²) in [6.07, 6.45) is 3.89. The normalized spacial score (nSPS) is 17.6. The zero-order valence-corrected chi connectivity index (χ0v) is 13.6. The number of nitrogens with zero attached hydrogens (tertiary/aromatic N) is 2. The molecule has 1 saturated carbocycles. The number of sulfonamides is 1. The second-order valence-electron chi connectivity index (χ2n) is 5.26. The number of hydrogen-bond acceptors (Lipinski definition) is 3. The van der Waals surface area contributed by atoms with Crippen LogP contribution >= 0.6 is 11.6 Å². The second kappa shape index (κ2) is 6.05. The molecule has 1 atom stereocenters. The molecule has 0 amide bonds. The van der Waals surface area contributed by atoms with Crippen molar-refractivity contribution in [2.45, 2.75) is 42.6 Å². The van der Waals surface area contributed by atoms with Gasteiger partial charge in [-0.05, 0) is 25.8 Å². The Hall–Kier alpha value is -0.560. The average molecular weight is 321 g/mol. The third kappa shape index (κ3) is 3.03. The maximum absolute atomic E-state index is 12.6. The molecule has 20 heavy (non-hydrogen) atoms. The fourth-order valence-electron chi connectivity index (χ4n) is 2.19. The molecule has 0 N–H and O–H groups in total. The van der Waals surface area contributed by atoms with Gasteiger partial charge >= 0.3 is 0 Å². The summed E-state index contributed by atoms with van der Waals surface area (Å²) >= 11 is 5.91. The summed E-state index contributed by atoms with van der Waals surface area (Å²) in [5.74, 6) is 0.323. The van der Waals surface area contributed by atoms with Gasteiger partial charge in [-0.15, -0.1) is 11.6 Å². The zero-order valence-electron chi connectivity index (χ0n) is 12.0. The monoisotopic (exact) mass is 320 g/mol. The van der Waals surface area contributed by atoms with Gasteiger partial charge in [0.05, 0.1) is 12.5 Å². The maximum Gasteiger partial charge on any atom is 0.244 e. The molecule has 5 nitrogen and oxygen atoms in total. The number of alkyl halides is 1. The van der Waals surface area contributed by atoms with Gasteiger partial charge in [0.25, 0.3) is 0 Å². The minimum Gasteiger partial charge on any atom is -0.383 e. The van der Waals surface area contributed by atoms with Crippen molar-refractivity contribution in [3.63, 3.8) is 0 Å². The summed E-state index contributed by atoms with van der Waals surface area (Å²) in [4.78, 5) is 0.311. The molecule has 7 heteroatoms. The van der Waals surface area contributed by atoms with Crippen molar-refractivity contribution < 1.29 is 13.2 Å². The number of ether oxygens (including phenoxy) is 1. The quantitative estimate of drug-likeness (QED) is 0.724. The number of aromatic nitrogens is 1. The van der Waals surface area contributed by atoms with E-state index in [1.54, 1.807) is 26.4 Å². The summed E-state index contributed by atoms with van der Waals surface area (Å²) in [7, 11) is -0.365. The number of halogens is 1. The standard InChI is InChI=1S/C13H21ClN2O3S/c1-10(9-19-3)15(2)20(17,18)13-6-12(7-14)16(8-13)11-4-5-11/h6,8,10-11H,4-5,7,9H2,1-3H3. The van der Waals surface area contributed by atoms with E-state index in [2.05, 4.69) is 0 Å².